The van der Waals surface area contributed by atoms with E-state index in [1.54, 1.807) is 24.4 Å². The van der Waals surface area contributed by atoms with Crippen molar-refractivity contribution in [3.05, 3.63) is 77.2 Å². The predicted molar refractivity (Wildman–Crippen MR) is 123 cm³/mol. The summed E-state index contributed by atoms with van der Waals surface area (Å²) in [6.07, 6.45) is 3.43. The smallest absolute Gasteiger partial charge is 0.229 e. The SMILES string of the molecule is O=C(Nc1cc(-c2cccc(NCc3ccc(F)cc3)c2)c(Cl)cn1)[C@@H]1CCCNC1. The van der Waals surface area contributed by atoms with Gasteiger partial charge in [0.05, 0.1) is 10.9 Å². The van der Waals surface area contributed by atoms with Crippen molar-refractivity contribution in [2.75, 3.05) is 23.7 Å². The van der Waals surface area contributed by atoms with Crippen molar-refractivity contribution in [1.82, 2.24) is 10.3 Å². The molecule has 7 heteroatoms. The van der Waals surface area contributed by atoms with Crippen LogP contribution >= 0.6 is 11.6 Å². The lowest BCUT2D eigenvalue weighted by Crippen LogP contribution is -2.37. The quantitative estimate of drug-likeness (QED) is 0.501. The first kappa shape index (κ1) is 21.3. The predicted octanol–water partition coefficient (Wildman–Crippen LogP) is 5.09. The maximum absolute atomic E-state index is 13.1. The van der Waals surface area contributed by atoms with Gasteiger partial charge in [0.2, 0.25) is 5.91 Å². The lowest BCUT2D eigenvalue weighted by Gasteiger charge is -2.21. The maximum Gasteiger partial charge on any atom is 0.229 e. The van der Waals surface area contributed by atoms with Crippen molar-refractivity contribution in [1.29, 1.82) is 0 Å². The van der Waals surface area contributed by atoms with Gasteiger partial charge in [0.1, 0.15) is 11.6 Å². The molecule has 0 saturated carbocycles. The van der Waals surface area contributed by atoms with Crippen molar-refractivity contribution in [2.24, 2.45) is 5.92 Å². The molecule has 2 heterocycles. The first-order chi connectivity index (χ1) is 15.1. The Labute approximate surface area is 186 Å². The van der Waals surface area contributed by atoms with Crippen molar-refractivity contribution >= 4 is 29.0 Å². The fraction of sp³-hybridized carbons (Fsp3) is 0.250. The van der Waals surface area contributed by atoms with Crippen LogP contribution < -0.4 is 16.0 Å². The van der Waals surface area contributed by atoms with E-state index in [0.29, 0.717) is 23.9 Å². The Morgan fingerprint density at radius 3 is 2.81 bits per heavy atom. The highest BCUT2D eigenvalue weighted by Gasteiger charge is 2.21. The molecule has 1 atom stereocenters. The van der Waals surface area contributed by atoms with Crippen molar-refractivity contribution in [3.63, 3.8) is 0 Å². The second-order valence-electron chi connectivity index (χ2n) is 7.64. The number of nitrogens with zero attached hydrogens (tertiary/aromatic N) is 1. The van der Waals surface area contributed by atoms with E-state index in [0.717, 1.165) is 41.8 Å². The number of rotatable bonds is 6. The lowest BCUT2D eigenvalue weighted by atomic mass is 9.99. The molecule has 1 aliphatic heterocycles. The van der Waals surface area contributed by atoms with Crippen LogP contribution in [-0.4, -0.2) is 24.0 Å². The normalized spacial score (nSPS) is 16.0. The van der Waals surface area contributed by atoms with Gasteiger partial charge in [-0.2, -0.15) is 0 Å². The summed E-state index contributed by atoms with van der Waals surface area (Å²) >= 11 is 6.41. The highest BCUT2D eigenvalue weighted by molar-refractivity contribution is 6.33. The third kappa shape index (κ3) is 5.60. The van der Waals surface area contributed by atoms with E-state index in [-0.39, 0.29) is 17.6 Å². The van der Waals surface area contributed by atoms with Crippen LogP contribution in [0.3, 0.4) is 0 Å². The molecule has 0 unspecified atom stereocenters. The summed E-state index contributed by atoms with van der Waals surface area (Å²) in [5.74, 6) is 0.164. The molecule has 4 rings (SSSR count). The monoisotopic (exact) mass is 438 g/mol. The number of nitrogens with one attached hydrogen (secondary N) is 3. The van der Waals surface area contributed by atoms with Gasteiger partial charge in [0, 0.05) is 30.5 Å². The van der Waals surface area contributed by atoms with Crippen LogP contribution in [0.1, 0.15) is 18.4 Å². The fourth-order valence-corrected chi connectivity index (χ4v) is 3.85. The zero-order chi connectivity index (χ0) is 21.6. The summed E-state index contributed by atoms with van der Waals surface area (Å²) < 4.78 is 13.1. The topological polar surface area (TPSA) is 66.0 Å². The van der Waals surface area contributed by atoms with Crippen LogP contribution in [0.5, 0.6) is 0 Å². The zero-order valence-electron chi connectivity index (χ0n) is 17.0. The molecule has 1 aliphatic rings. The summed E-state index contributed by atoms with van der Waals surface area (Å²) in [5.41, 5.74) is 3.59. The van der Waals surface area contributed by atoms with Gasteiger partial charge < -0.3 is 16.0 Å². The Morgan fingerprint density at radius 1 is 1.19 bits per heavy atom. The van der Waals surface area contributed by atoms with Gasteiger partial charge in [-0.05, 0) is 60.8 Å². The molecule has 5 nitrogen and oxygen atoms in total. The molecule has 2 aromatic carbocycles. The lowest BCUT2D eigenvalue weighted by molar-refractivity contribution is -0.120. The molecule has 0 spiro atoms. The number of amides is 1. The molecule has 0 aliphatic carbocycles. The minimum Gasteiger partial charge on any atom is -0.381 e. The molecule has 1 saturated heterocycles. The summed E-state index contributed by atoms with van der Waals surface area (Å²) in [7, 11) is 0. The van der Waals surface area contributed by atoms with Crippen molar-refractivity contribution < 1.29 is 9.18 Å². The Hall–Kier alpha value is -2.96. The third-order valence-corrected chi connectivity index (χ3v) is 5.66. The highest BCUT2D eigenvalue weighted by Crippen LogP contribution is 2.31. The minimum atomic E-state index is -0.249. The fourth-order valence-electron chi connectivity index (χ4n) is 3.64. The van der Waals surface area contributed by atoms with Gasteiger partial charge in [0.25, 0.3) is 0 Å². The van der Waals surface area contributed by atoms with Gasteiger partial charge >= 0.3 is 0 Å². The van der Waals surface area contributed by atoms with Gasteiger partial charge in [-0.15, -0.1) is 0 Å². The van der Waals surface area contributed by atoms with Crippen LogP contribution in [0.4, 0.5) is 15.9 Å². The highest BCUT2D eigenvalue weighted by atomic mass is 35.5. The van der Waals surface area contributed by atoms with Gasteiger partial charge in [-0.1, -0.05) is 35.9 Å². The number of hydrogen-bond donors (Lipinski definition) is 3. The second-order valence-corrected chi connectivity index (χ2v) is 8.05. The molecule has 3 N–H and O–H groups in total. The van der Waals surface area contributed by atoms with Crippen molar-refractivity contribution in [3.8, 4) is 11.1 Å². The van der Waals surface area contributed by atoms with Gasteiger partial charge in [0.15, 0.2) is 0 Å². The molecule has 0 radical (unpaired) electrons. The largest absolute Gasteiger partial charge is 0.381 e. The number of halogens is 2. The molecule has 160 valence electrons. The molecule has 1 fully saturated rings. The summed E-state index contributed by atoms with van der Waals surface area (Å²) in [5, 5.41) is 10.0. The Kier molecular flexibility index (Phi) is 6.79. The van der Waals surface area contributed by atoms with E-state index in [2.05, 4.69) is 20.9 Å². The van der Waals surface area contributed by atoms with E-state index < -0.39 is 0 Å². The van der Waals surface area contributed by atoms with Crippen LogP contribution in [0, 0.1) is 11.7 Å². The summed E-state index contributed by atoms with van der Waals surface area (Å²) in [6.45, 7) is 2.22. The summed E-state index contributed by atoms with van der Waals surface area (Å²) in [4.78, 5) is 16.8. The van der Waals surface area contributed by atoms with E-state index in [1.807, 2.05) is 24.3 Å². The average molecular weight is 439 g/mol. The molecule has 0 bridgehead atoms. The van der Waals surface area contributed by atoms with E-state index in [4.69, 9.17) is 11.6 Å². The number of carbonyl (C=O) groups is 1. The first-order valence-electron chi connectivity index (χ1n) is 10.3. The number of pyridine rings is 1. The van der Waals surface area contributed by atoms with Crippen LogP contribution in [0.2, 0.25) is 5.02 Å². The molecular weight excluding hydrogens is 415 g/mol. The average Bonchev–Trinajstić information content (AvgIpc) is 2.81. The van der Waals surface area contributed by atoms with E-state index in [1.165, 1.54) is 12.1 Å². The molecule has 1 aromatic heterocycles. The number of aromatic nitrogens is 1. The summed E-state index contributed by atoms with van der Waals surface area (Å²) in [6, 6.07) is 16.0. The molecule has 3 aromatic rings. The number of hydrogen-bond acceptors (Lipinski definition) is 4. The van der Waals surface area contributed by atoms with Crippen LogP contribution in [0.25, 0.3) is 11.1 Å². The Morgan fingerprint density at radius 2 is 2.03 bits per heavy atom. The Bertz CT molecular complexity index is 1050. The number of anilines is 2. The van der Waals surface area contributed by atoms with Gasteiger partial charge in [-0.25, -0.2) is 9.37 Å². The van der Waals surface area contributed by atoms with Crippen LogP contribution in [-0.2, 0) is 11.3 Å². The standard InChI is InChI=1S/C24H24ClFN4O/c25-22-15-29-23(30-24(31)18-4-2-10-27-14-18)12-21(22)17-3-1-5-20(11-17)28-13-16-6-8-19(26)9-7-16/h1,3,5-9,11-12,15,18,27-28H,2,4,10,13-14H2,(H,29,30,31)/t18-/m1/s1. The maximum atomic E-state index is 13.1. The first-order valence-corrected chi connectivity index (χ1v) is 10.7. The second kappa shape index (κ2) is 9.90. The zero-order valence-corrected chi connectivity index (χ0v) is 17.8. The van der Waals surface area contributed by atoms with Crippen molar-refractivity contribution in [2.45, 2.75) is 19.4 Å². The van der Waals surface area contributed by atoms with Crippen LogP contribution in [0.15, 0.2) is 60.8 Å². The molecule has 31 heavy (non-hydrogen) atoms. The molecular formula is C24H24ClFN4O. The number of benzene rings is 2. The number of piperidine rings is 1. The Balaban J connectivity index is 1.48. The third-order valence-electron chi connectivity index (χ3n) is 5.36. The molecule has 1 amide bonds. The minimum absolute atomic E-state index is 0.0253. The van der Waals surface area contributed by atoms with E-state index >= 15 is 0 Å². The van der Waals surface area contributed by atoms with Gasteiger partial charge in [-0.3, -0.25) is 4.79 Å². The van der Waals surface area contributed by atoms with E-state index in [9.17, 15) is 9.18 Å². The number of carbonyl (C=O) groups excluding carboxylic acids is 1.